The maximum Gasteiger partial charge on any atom is 0.182 e. The second-order valence-electron chi connectivity index (χ2n) is 13.1. The topological polar surface area (TPSA) is 82.3 Å². The van der Waals surface area contributed by atoms with Gasteiger partial charge in [-0.1, -0.05) is 54.6 Å². The molecule has 4 aromatic carbocycles. The molecule has 0 bridgehead atoms. The highest BCUT2D eigenvalue weighted by atomic mass is 15.1. The molecule has 0 N–H and O–H groups in total. The number of rotatable bonds is 5. The quantitative estimate of drug-likeness (QED) is 0.188. The molecule has 2 aliphatic carbocycles. The summed E-state index contributed by atoms with van der Waals surface area (Å²) in [5.41, 5.74) is 9.75. The summed E-state index contributed by atoms with van der Waals surface area (Å²) in [5.74, 6) is 3.92. The van der Waals surface area contributed by atoms with Gasteiger partial charge in [0.25, 0.3) is 0 Å². The van der Waals surface area contributed by atoms with E-state index in [1.54, 1.807) is 18.6 Å². The molecule has 4 aromatic heterocycles. The Morgan fingerprint density at radius 1 is 0.571 bits per heavy atom. The van der Waals surface area contributed by atoms with E-state index in [1.165, 1.54) is 52.2 Å². The van der Waals surface area contributed by atoms with Crippen LogP contribution in [-0.2, 0) is 6.42 Å². The Bertz CT molecular complexity index is 2450. The van der Waals surface area contributed by atoms with Crippen molar-refractivity contribution in [1.29, 1.82) is 0 Å². The van der Waals surface area contributed by atoms with Crippen LogP contribution < -0.4 is 0 Å². The van der Waals surface area contributed by atoms with Gasteiger partial charge < -0.3 is 4.57 Å². The molecule has 0 spiro atoms. The molecule has 2 atom stereocenters. The highest BCUT2D eigenvalue weighted by Gasteiger charge is 2.40. The molecule has 234 valence electrons. The first kappa shape index (κ1) is 28.0. The molecule has 1 fully saturated rings. The van der Waals surface area contributed by atoms with Crippen molar-refractivity contribution in [2.24, 2.45) is 5.92 Å². The van der Waals surface area contributed by atoms with Crippen LogP contribution in [0.2, 0.25) is 0 Å². The van der Waals surface area contributed by atoms with E-state index >= 15 is 0 Å². The van der Waals surface area contributed by atoms with Gasteiger partial charge in [-0.25, -0.2) is 24.9 Å². The lowest BCUT2D eigenvalue weighted by molar-refractivity contribution is 0.672. The smallest absolute Gasteiger partial charge is 0.182 e. The van der Waals surface area contributed by atoms with E-state index in [9.17, 15) is 0 Å². The summed E-state index contributed by atoms with van der Waals surface area (Å²) in [6, 6.07) is 38.0. The van der Waals surface area contributed by atoms with Gasteiger partial charge in [-0.15, -0.1) is 0 Å². The molecule has 10 rings (SSSR count). The third-order valence-corrected chi connectivity index (χ3v) is 10.1. The zero-order valence-corrected chi connectivity index (χ0v) is 26.7. The highest BCUT2D eigenvalue weighted by molar-refractivity contribution is 6.09. The van der Waals surface area contributed by atoms with Crippen molar-refractivity contribution in [1.82, 2.24) is 34.5 Å². The molecule has 0 aliphatic heterocycles. The van der Waals surface area contributed by atoms with Crippen LogP contribution in [0.15, 0.2) is 128 Å². The summed E-state index contributed by atoms with van der Waals surface area (Å²) in [7, 11) is 0. The van der Waals surface area contributed by atoms with Gasteiger partial charge in [0.15, 0.2) is 23.3 Å². The Morgan fingerprint density at radius 3 is 1.98 bits per heavy atom. The second-order valence-corrected chi connectivity index (χ2v) is 13.1. The van der Waals surface area contributed by atoms with Gasteiger partial charge in [0, 0.05) is 46.2 Å². The van der Waals surface area contributed by atoms with E-state index in [4.69, 9.17) is 24.9 Å². The number of fused-ring (bicyclic) bond motifs is 6. The van der Waals surface area contributed by atoms with E-state index in [0.717, 1.165) is 40.6 Å². The van der Waals surface area contributed by atoms with E-state index in [-0.39, 0.29) is 0 Å². The third kappa shape index (κ3) is 4.89. The minimum absolute atomic E-state index is 0.524. The fourth-order valence-corrected chi connectivity index (χ4v) is 7.62. The van der Waals surface area contributed by atoms with Crippen LogP contribution in [-0.4, -0.2) is 34.5 Å². The van der Waals surface area contributed by atoms with E-state index in [1.807, 2.05) is 18.2 Å². The van der Waals surface area contributed by atoms with Gasteiger partial charge in [-0.3, -0.25) is 4.98 Å². The molecule has 7 heteroatoms. The Labute approximate surface area is 283 Å². The average molecular weight is 634 g/mol. The number of hydrogen-bond donors (Lipinski definition) is 0. The normalized spacial score (nSPS) is 16.7. The molecule has 2 aliphatic rings. The van der Waals surface area contributed by atoms with Crippen LogP contribution in [0, 0.1) is 5.92 Å². The molecule has 1 saturated carbocycles. The van der Waals surface area contributed by atoms with Gasteiger partial charge in [-0.05, 0) is 103 Å². The summed E-state index contributed by atoms with van der Waals surface area (Å²) in [6.07, 6.45) is 10.4. The third-order valence-electron chi connectivity index (χ3n) is 10.1. The van der Waals surface area contributed by atoms with Crippen LogP contribution in [0.5, 0.6) is 0 Å². The summed E-state index contributed by atoms with van der Waals surface area (Å²) in [4.78, 5) is 28.8. The molecule has 49 heavy (non-hydrogen) atoms. The Balaban J connectivity index is 0.997. The minimum atomic E-state index is 0.524. The SMILES string of the molecule is c1ccc(-c2nc(-c3cnc(-c4ccc(-n5c6ccccc6c6ccccc65)cc4)nc3)nc(-c3ccc4c(c3)CCCC3C[C@@H]43)n2)nc1. The zero-order chi connectivity index (χ0) is 32.3. The number of pyridine rings is 1. The fraction of sp³-hybridized carbons (Fsp3) is 0.143. The van der Waals surface area contributed by atoms with Crippen LogP contribution >= 0.6 is 0 Å². The maximum atomic E-state index is 4.96. The molecular formula is C42H31N7. The molecular weight excluding hydrogens is 603 g/mol. The molecule has 0 saturated heterocycles. The monoisotopic (exact) mass is 633 g/mol. The first-order valence-electron chi connectivity index (χ1n) is 17.0. The van der Waals surface area contributed by atoms with Crippen molar-refractivity contribution in [2.75, 3.05) is 0 Å². The van der Waals surface area contributed by atoms with Crippen LogP contribution in [0.4, 0.5) is 0 Å². The largest absolute Gasteiger partial charge is 0.309 e. The van der Waals surface area contributed by atoms with Crippen molar-refractivity contribution in [2.45, 2.75) is 31.6 Å². The van der Waals surface area contributed by atoms with Gasteiger partial charge in [0.05, 0.1) is 16.6 Å². The van der Waals surface area contributed by atoms with Crippen LogP contribution in [0.3, 0.4) is 0 Å². The van der Waals surface area contributed by atoms with Gasteiger partial charge in [0.1, 0.15) is 5.69 Å². The number of para-hydroxylation sites is 2. The molecule has 1 unspecified atom stereocenters. The fourth-order valence-electron chi connectivity index (χ4n) is 7.62. The maximum absolute atomic E-state index is 4.96. The number of hydrogen-bond acceptors (Lipinski definition) is 6. The van der Waals surface area contributed by atoms with Gasteiger partial charge >= 0.3 is 0 Å². The molecule has 0 radical (unpaired) electrons. The number of aromatic nitrogens is 7. The second kappa shape index (κ2) is 11.3. The number of nitrogens with zero attached hydrogens (tertiary/aromatic N) is 7. The zero-order valence-electron chi connectivity index (χ0n) is 26.7. The molecule has 0 amide bonds. The van der Waals surface area contributed by atoms with E-state index < -0.39 is 0 Å². The summed E-state index contributed by atoms with van der Waals surface area (Å²) in [5, 5.41) is 2.49. The van der Waals surface area contributed by atoms with E-state index in [2.05, 4.69) is 101 Å². The lowest BCUT2D eigenvalue weighted by Crippen LogP contribution is -2.02. The van der Waals surface area contributed by atoms with E-state index in [0.29, 0.717) is 29.0 Å². The van der Waals surface area contributed by atoms with Gasteiger partial charge in [0.2, 0.25) is 0 Å². The predicted octanol–water partition coefficient (Wildman–Crippen LogP) is 9.26. The summed E-state index contributed by atoms with van der Waals surface area (Å²) >= 11 is 0. The Kier molecular flexibility index (Phi) is 6.44. The lowest BCUT2D eigenvalue weighted by Gasteiger charge is -2.11. The van der Waals surface area contributed by atoms with Crippen molar-refractivity contribution < 1.29 is 0 Å². The molecule has 7 nitrogen and oxygen atoms in total. The van der Waals surface area contributed by atoms with Crippen LogP contribution in [0.25, 0.3) is 73.2 Å². The Hall–Kier alpha value is -6.08. The number of aryl methyl sites for hydroxylation is 1. The lowest BCUT2D eigenvalue weighted by atomic mass is 9.98. The number of benzene rings is 4. The average Bonchev–Trinajstić information content (AvgIpc) is 3.90. The highest BCUT2D eigenvalue weighted by Crippen LogP contribution is 2.53. The summed E-state index contributed by atoms with van der Waals surface area (Å²) in [6.45, 7) is 0. The van der Waals surface area contributed by atoms with Crippen molar-refractivity contribution in [3.05, 3.63) is 139 Å². The first-order chi connectivity index (χ1) is 24.3. The standard InChI is InChI=1S/C42H31N7/c1-3-13-37-33(10-1)34-11-2-4-14-38(34)49(37)31-18-15-26(16-19-31)39-44-24-30(25-45-39)41-46-40(47-42(48-41)36-12-5-6-21-43-36)29-17-20-32-27(22-29)8-7-9-28-23-35(28)32/h1-6,10-22,24-25,28,35H,7-9,23H2/t28?,35-/m1/s1. The van der Waals surface area contributed by atoms with Crippen molar-refractivity contribution in [3.63, 3.8) is 0 Å². The summed E-state index contributed by atoms with van der Waals surface area (Å²) < 4.78 is 2.31. The Morgan fingerprint density at radius 2 is 1.24 bits per heavy atom. The van der Waals surface area contributed by atoms with Crippen LogP contribution in [0.1, 0.15) is 36.3 Å². The minimum Gasteiger partial charge on any atom is -0.309 e. The first-order valence-corrected chi connectivity index (χ1v) is 17.0. The van der Waals surface area contributed by atoms with Crippen molar-refractivity contribution in [3.8, 4) is 51.4 Å². The molecule has 8 aromatic rings. The molecule has 4 heterocycles. The predicted molar refractivity (Wildman–Crippen MR) is 193 cm³/mol. The van der Waals surface area contributed by atoms with Crippen molar-refractivity contribution >= 4 is 21.8 Å². The van der Waals surface area contributed by atoms with Gasteiger partial charge in [-0.2, -0.15) is 0 Å².